The molecule has 1 unspecified atom stereocenters. The second-order valence-electron chi connectivity index (χ2n) is 4.56. The van der Waals surface area contributed by atoms with Crippen molar-refractivity contribution in [1.82, 2.24) is 10.8 Å². The predicted octanol–water partition coefficient (Wildman–Crippen LogP) is 2.03. The van der Waals surface area contributed by atoms with Crippen LogP contribution in [0.15, 0.2) is 23.2 Å². The van der Waals surface area contributed by atoms with E-state index in [1.165, 1.54) is 24.0 Å². The summed E-state index contributed by atoms with van der Waals surface area (Å²) in [6.45, 7) is 3.23. The number of nitrogens with zero attached hydrogens (tertiary/aromatic N) is 1. The van der Waals surface area contributed by atoms with Crippen molar-refractivity contribution in [3.05, 3.63) is 34.9 Å². The molecule has 1 aliphatic rings. The Morgan fingerprint density at radius 3 is 2.94 bits per heavy atom. The second kappa shape index (κ2) is 5.98. The van der Waals surface area contributed by atoms with Crippen molar-refractivity contribution in [1.29, 1.82) is 0 Å². The lowest BCUT2D eigenvalue weighted by Gasteiger charge is -2.19. The maximum Gasteiger partial charge on any atom is 0.152 e. The second-order valence-corrected chi connectivity index (χ2v) is 4.56. The molecule has 2 rings (SSSR count). The number of nitrogens with one attached hydrogen (secondary N) is 2. The molecule has 1 aliphatic heterocycles. The fourth-order valence-electron chi connectivity index (χ4n) is 2.73. The van der Waals surface area contributed by atoms with E-state index in [9.17, 15) is 0 Å². The van der Waals surface area contributed by atoms with E-state index in [1.807, 2.05) is 12.1 Å². The topological polar surface area (TPSA) is 56.7 Å². The summed E-state index contributed by atoms with van der Waals surface area (Å²) in [7, 11) is 1.68. The molecular formula is C14H21N3O. The SMILES string of the molecule is CCc1c(C(=NC)NO)cccc1C1CCCN1. The van der Waals surface area contributed by atoms with E-state index in [2.05, 4.69) is 28.8 Å². The molecule has 0 amide bonds. The zero-order valence-electron chi connectivity index (χ0n) is 11.0. The first-order chi connectivity index (χ1) is 8.81. The molecule has 4 nitrogen and oxygen atoms in total. The fourth-order valence-corrected chi connectivity index (χ4v) is 2.73. The van der Waals surface area contributed by atoms with Gasteiger partial charge in [0.05, 0.1) is 0 Å². The molecular weight excluding hydrogens is 226 g/mol. The van der Waals surface area contributed by atoms with Crippen LogP contribution in [-0.2, 0) is 6.42 Å². The summed E-state index contributed by atoms with van der Waals surface area (Å²) >= 11 is 0. The van der Waals surface area contributed by atoms with Crippen LogP contribution in [0, 0.1) is 0 Å². The number of hydroxylamine groups is 1. The zero-order chi connectivity index (χ0) is 13.0. The molecule has 1 saturated heterocycles. The molecule has 0 aromatic heterocycles. The number of hydrogen-bond donors (Lipinski definition) is 3. The lowest BCUT2D eigenvalue weighted by molar-refractivity contribution is 0.235. The third-order valence-corrected chi connectivity index (χ3v) is 3.59. The highest BCUT2D eigenvalue weighted by molar-refractivity contribution is 5.99. The third-order valence-electron chi connectivity index (χ3n) is 3.59. The molecule has 98 valence electrons. The van der Waals surface area contributed by atoms with E-state index < -0.39 is 0 Å². The van der Waals surface area contributed by atoms with Gasteiger partial charge >= 0.3 is 0 Å². The van der Waals surface area contributed by atoms with E-state index >= 15 is 0 Å². The Kier molecular flexibility index (Phi) is 4.33. The molecule has 4 heteroatoms. The van der Waals surface area contributed by atoms with Crippen LogP contribution >= 0.6 is 0 Å². The van der Waals surface area contributed by atoms with Gasteiger partial charge in [0.25, 0.3) is 0 Å². The molecule has 0 saturated carbocycles. The van der Waals surface area contributed by atoms with Crippen LogP contribution in [0.1, 0.15) is 42.5 Å². The van der Waals surface area contributed by atoms with Gasteiger partial charge in [0, 0.05) is 18.7 Å². The summed E-state index contributed by atoms with van der Waals surface area (Å²) in [4.78, 5) is 4.09. The normalized spacial score (nSPS) is 20.2. The summed E-state index contributed by atoms with van der Waals surface area (Å²) in [5.41, 5.74) is 5.78. The fraction of sp³-hybridized carbons (Fsp3) is 0.500. The van der Waals surface area contributed by atoms with Crippen molar-refractivity contribution in [2.24, 2.45) is 4.99 Å². The molecule has 0 spiro atoms. The number of hydrogen-bond acceptors (Lipinski definition) is 3. The van der Waals surface area contributed by atoms with Crippen LogP contribution in [0.25, 0.3) is 0 Å². The monoisotopic (exact) mass is 247 g/mol. The van der Waals surface area contributed by atoms with Crippen LogP contribution in [0.4, 0.5) is 0 Å². The summed E-state index contributed by atoms with van der Waals surface area (Å²) in [5.74, 6) is 0.534. The molecule has 18 heavy (non-hydrogen) atoms. The van der Waals surface area contributed by atoms with Gasteiger partial charge in [0.1, 0.15) is 0 Å². The first kappa shape index (κ1) is 13.1. The highest BCUT2D eigenvalue weighted by atomic mass is 16.5. The van der Waals surface area contributed by atoms with E-state index in [4.69, 9.17) is 5.21 Å². The summed E-state index contributed by atoms with van der Waals surface area (Å²) in [5, 5.41) is 12.7. The van der Waals surface area contributed by atoms with Crippen LogP contribution < -0.4 is 10.8 Å². The van der Waals surface area contributed by atoms with Gasteiger partial charge < -0.3 is 5.32 Å². The van der Waals surface area contributed by atoms with Gasteiger partial charge in [-0.3, -0.25) is 15.7 Å². The average Bonchev–Trinajstić information content (AvgIpc) is 2.93. The minimum atomic E-state index is 0.441. The van der Waals surface area contributed by atoms with Gasteiger partial charge in [-0.15, -0.1) is 0 Å². The highest BCUT2D eigenvalue weighted by Gasteiger charge is 2.21. The van der Waals surface area contributed by atoms with Crippen molar-refractivity contribution in [3.8, 4) is 0 Å². The van der Waals surface area contributed by atoms with Crippen molar-refractivity contribution >= 4 is 5.84 Å². The minimum absolute atomic E-state index is 0.441. The highest BCUT2D eigenvalue weighted by Crippen LogP contribution is 2.28. The van der Waals surface area contributed by atoms with Gasteiger partial charge in [-0.1, -0.05) is 25.1 Å². The van der Waals surface area contributed by atoms with Crippen molar-refractivity contribution in [2.45, 2.75) is 32.2 Å². The molecule has 1 fully saturated rings. The van der Waals surface area contributed by atoms with Crippen LogP contribution in [0.2, 0.25) is 0 Å². The van der Waals surface area contributed by atoms with Gasteiger partial charge in [0.15, 0.2) is 5.84 Å². The molecule has 0 bridgehead atoms. The van der Waals surface area contributed by atoms with E-state index in [0.717, 1.165) is 18.5 Å². The zero-order valence-corrected chi connectivity index (χ0v) is 11.0. The molecule has 0 aliphatic carbocycles. The van der Waals surface area contributed by atoms with Crippen LogP contribution in [0.3, 0.4) is 0 Å². The van der Waals surface area contributed by atoms with Gasteiger partial charge in [0.2, 0.25) is 0 Å². The number of benzene rings is 1. The minimum Gasteiger partial charge on any atom is -0.310 e. The first-order valence-electron chi connectivity index (χ1n) is 6.54. The summed E-state index contributed by atoms with van der Waals surface area (Å²) < 4.78 is 0. The van der Waals surface area contributed by atoms with Crippen molar-refractivity contribution < 1.29 is 5.21 Å². The van der Waals surface area contributed by atoms with E-state index in [0.29, 0.717) is 11.9 Å². The predicted molar refractivity (Wildman–Crippen MR) is 73.2 cm³/mol. The number of aliphatic imine (C=N–C) groups is 1. The maximum absolute atomic E-state index is 9.16. The van der Waals surface area contributed by atoms with E-state index in [-0.39, 0.29) is 0 Å². The molecule has 1 aromatic carbocycles. The maximum atomic E-state index is 9.16. The Bertz CT molecular complexity index is 437. The molecule has 0 radical (unpaired) electrons. The standard InChI is InChI=1S/C14H21N3O/c1-3-10-11(13-8-5-9-16-13)6-4-7-12(10)14(15-2)17-18/h4,6-7,13,16,18H,3,5,8-9H2,1-2H3,(H,15,17). The molecule has 1 atom stereocenters. The van der Waals surface area contributed by atoms with Crippen LogP contribution in [0.5, 0.6) is 0 Å². The average molecular weight is 247 g/mol. The van der Waals surface area contributed by atoms with Gasteiger partial charge in [-0.05, 0) is 36.9 Å². The van der Waals surface area contributed by atoms with Crippen molar-refractivity contribution in [3.63, 3.8) is 0 Å². The molecule has 1 aromatic rings. The van der Waals surface area contributed by atoms with Crippen LogP contribution in [-0.4, -0.2) is 24.6 Å². The number of rotatable bonds is 3. The Balaban J connectivity index is 2.45. The quantitative estimate of drug-likeness (QED) is 0.435. The number of amidine groups is 1. The Morgan fingerprint density at radius 1 is 1.56 bits per heavy atom. The van der Waals surface area contributed by atoms with E-state index in [1.54, 1.807) is 7.05 Å². The summed E-state index contributed by atoms with van der Waals surface area (Å²) in [6, 6.07) is 6.65. The lowest BCUT2D eigenvalue weighted by atomic mass is 9.92. The third kappa shape index (κ3) is 2.40. The smallest absolute Gasteiger partial charge is 0.152 e. The Morgan fingerprint density at radius 2 is 2.39 bits per heavy atom. The van der Waals surface area contributed by atoms with Gasteiger partial charge in [-0.2, -0.15) is 0 Å². The Labute approximate surface area is 108 Å². The Hall–Kier alpha value is -1.39. The largest absolute Gasteiger partial charge is 0.310 e. The summed E-state index contributed by atoms with van der Waals surface area (Å²) in [6.07, 6.45) is 3.34. The first-order valence-corrected chi connectivity index (χ1v) is 6.54. The van der Waals surface area contributed by atoms with Crippen molar-refractivity contribution in [2.75, 3.05) is 13.6 Å². The van der Waals surface area contributed by atoms with Gasteiger partial charge in [-0.25, -0.2) is 0 Å². The molecule has 3 N–H and O–H groups in total. The lowest BCUT2D eigenvalue weighted by Crippen LogP contribution is -2.23. The molecule has 1 heterocycles.